The molecule has 1 fully saturated rings. The minimum atomic E-state index is 0.705. The highest BCUT2D eigenvalue weighted by atomic mass is 15.2. The fraction of sp³-hybridized carbons (Fsp3) is 0.636. The van der Waals surface area contributed by atoms with Gasteiger partial charge in [-0.2, -0.15) is 0 Å². The fourth-order valence-corrected chi connectivity index (χ4v) is 1.88. The molecule has 0 radical (unpaired) electrons. The van der Waals surface area contributed by atoms with E-state index < -0.39 is 0 Å². The van der Waals surface area contributed by atoms with Crippen molar-refractivity contribution in [2.24, 2.45) is 5.73 Å². The van der Waals surface area contributed by atoms with Crippen LogP contribution in [0.4, 0.5) is 11.6 Å². The molecule has 0 aliphatic carbocycles. The SMILES string of the molecule is NCCCNc1cc(N2CCCC2)ncn1. The van der Waals surface area contributed by atoms with Crippen molar-refractivity contribution in [3.05, 3.63) is 12.4 Å². The van der Waals surface area contributed by atoms with E-state index in [0.717, 1.165) is 37.7 Å². The number of nitrogens with zero attached hydrogens (tertiary/aromatic N) is 3. The number of hydrogen-bond acceptors (Lipinski definition) is 5. The van der Waals surface area contributed by atoms with E-state index in [-0.39, 0.29) is 0 Å². The summed E-state index contributed by atoms with van der Waals surface area (Å²) in [5.41, 5.74) is 5.44. The van der Waals surface area contributed by atoms with Gasteiger partial charge in [0.25, 0.3) is 0 Å². The second kappa shape index (κ2) is 5.65. The summed E-state index contributed by atoms with van der Waals surface area (Å²) >= 11 is 0. The summed E-state index contributed by atoms with van der Waals surface area (Å²) in [5, 5.41) is 3.25. The highest BCUT2D eigenvalue weighted by Crippen LogP contribution is 2.18. The Hall–Kier alpha value is -1.36. The third-order valence-corrected chi connectivity index (χ3v) is 2.77. The Balaban J connectivity index is 1.95. The zero-order valence-electron chi connectivity index (χ0n) is 9.52. The van der Waals surface area contributed by atoms with E-state index in [4.69, 9.17) is 5.73 Å². The average Bonchev–Trinajstić information content (AvgIpc) is 2.83. The topological polar surface area (TPSA) is 67.1 Å². The molecule has 1 aromatic rings. The van der Waals surface area contributed by atoms with Crippen LogP contribution in [0.2, 0.25) is 0 Å². The lowest BCUT2D eigenvalue weighted by Gasteiger charge is -2.16. The third-order valence-electron chi connectivity index (χ3n) is 2.77. The molecule has 0 bridgehead atoms. The first-order valence-electron chi connectivity index (χ1n) is 5.91. The fourth-order valence-electron chi connectivity index (χ4n) is 1.88. The standard InChI is InChI=1S/C11H19N5/c12-4-3-5-13-10-8-11(15-9-14-10)16-6-1-2-7-16/h8-9H,1-7,12H2,(H,13,14,15). The summed E-state index contributed by atoms with van der Waals surface area (Å²) in [5.74, 6) is 1.92. The Morgan fingerprint density at radius 3 is 2.88 bits per heavy atom. The highest BCUT2D eigenvalue weighted by Gasteiger charge is 2.13. The number of hydrogen-bond donors (Lipinski definition) is 2. The number of nitrogens with two attached hydrogens (primary N) is 1. The average molecular weight is 221 g/mol. The number of nitrogens with one attached hydrogen (secondary N) is 1. The predicted octanol–water partition coefficient (Wildman–Crippen LogP) is 0.837. The summed E-state index contributed by atoms with van der Waals surface area (Å²) < 4.78 is 0. The summed E-state index contributed by atoms with van der Waals surface area (Å²) in [6.07, 6.45) is 5.11. The molecule has 88 valence electrons. The highest BCUT2D eigenvalue weighted by molar-refractivity contribution is 5.48. The Kier molecular flexibility index (Phi) is 3.93. The summed E-state index contributed by atoms with van der Waals surface area (Å²) in [6.45, 7) is 3.79. The van der Waals surface area contributed by atoms with Gasteiger partial charge in [0, 0.05) is 25.7 Å². The van der Waals surface area contributed by atoms with Crippen molar-refractivity contribution >= 4 is 11.6 Å². The zero-order valence-corrected chi connectivity index (χ0v) is 9.52. The normalized spacial score (nSPS) is 15.4. The Bertz CT molecular complexity index is 322. The van der Waals surface area contributed by atoms with Crippen molar-refractivity contribution in [2.75, 3.05) is 36.4 Å². The second-order valence-electron chi connectivity index (χ2n) is 4.02. The molecule has 0 atom stereocenters. The van der Waals surface area contributed by atoms with Gasteiger partial charge in [-0.3, -0.25) is 0 Å². The van der Waals surface area contributed by atoms with Crippen molar-refractivity contribution in [2.45, 2.75) is 19.3 Å². The molecule has 0 saturated carbocycles. The van der Waals surface area contributed by atoms with Gasteiger partial charge in [-0.25, -0.2) is 9.97 Å². The van der Waals surface area contributed by atoms with E-state index in [2.05, 4.69) is 20.2 Å². The van der Waals surface area contributed by atoms with Crippen LogP contribution in [0.1, 0.15) is 19.3 Å². The molecular weight excluding hydrogens is 202 g/mol. The number of rotatable bonds is 5. The van der Waals surface area contributed by atoms with E-state index in [0.29, 0.717) is 6.54 Å². The zero-order chi connectivity index (χ0) is 11.2. The number of aromatic nitrogens is 2. The van der Waals surface area contributed by atoms with Crippen molar-refractivity contribution in [3.63, 3.8) is 0 Å². The minimum Gasteiger partial charge on any atom is -0.370 e. The van der Waals surface area contributed by atoms with Gasteiger partial charge in [0.05, 0.1) is 0 Å². The molecule has 0 unspecified atom stereocenters. The molecule has 0 spiro atoms. The van der Waals surface area contributed by atoms with Gasteiger partial charge in [-0.15, -0.1) is 0 Å². The maximum Gasteiger partial charge on any atom is 0.134 e. The molecular formula is C11H19N5. The molecule has 1 aliphatic heterocycles. The Labute approximate surface area is 96.1 Å². The molecule has 5 heteroatoms. The van der Waals surface area contributed by atoms with Crippen LogP contribution in [0.25, 0.3) is 0 Å². The van der Waals surface area contributed by atoms with Gasteiger partial charge >= 0.3 is 0 Å². The molecule has 2 rings (SSSR count). The smallest absolute Gasteiger partial charge is 0.134 e. The van der Waals surface area contributed by atoms with Crippen LogP contribution in [0.15, 0.2) is 12.4 Å². The van der Waals surface area contributed by atoms with Gasteiger partial charge in [0.1, 0.15) is 18.0 Å². The summed E-state index contributed by atoms with van der Waals surface area (Å²) in [4.78, 5) is 10.8. The molecule has 1 aromatic heterocycles. The predicted molar refractivity (Wildman–Crippen MR) is 65.6 cm³/mol. The van der Waals surface area contributed by atoms with E-state index in [1.807, 2.05) is 6.07 Å². The molecule has 1 aliphatic rings. The van der Waals surface area contributed by atoms with Gasteiger partial charge in [0.2, 0.25) is 0 Å². The van der Waals surface area contributed by atoms with E-state index in [9.17, 15) is 0 Å². The molecule has 5 nitrogen and oxygen atoms in total. The lowest BCUT2D eigenvalue weighted by atomic mass is 10.4. The molecule has 16 heavy (non-hydrogen) atoms. The summed E-state index contributed by atoms with van der Waals surface area (Å²) in [6, 6.07) is 2.02. The number of anilines is 2. The van der Waals surface area contributed by atoms with Crippen LogP contribution in [0.5, 0.6) is 0 Å². The first kappa shape index (κ1) is 11.1. The quantitative estimate of drug-likeness (QED) is 0.721. The van der Waals surface area contributed by atoms with E-state index in [1.54, 1.807) is 6.33 Å². The van der Waals surface area contributed by atoms with Crippen LogP contribution in [0.3, 0.4) is 0 Å². The van der Waals surface area contributed by atoms with Gasteiger partial charge < -0.3 is 16.0 Å². The first-order chi connectivity index (χ1) is 7.90. The Morgan fingerprint density at radius 1 is 1.31 bits per heavy atom. The van der Waals surface area contributed by atoms with Gasteiger partial charge in [0.15, 0.2) is 0 Å². The van der Waals surface area contributed by atoms with E-state index >= 15 is 0 Å². The lowest BCUT2D eigenvalue weighted by molar-refractivity contribution is 0.866. The van der Waals surface area contributed by atoms with Crippen molar-refractivity contribution in [1.29, 1.82) is 0 Å². The molecule has 0 amide bonds. The monoisotopic (exact) mass is 221 g/mol. The van der Waals surface area contributed by atoms with Crippen LogP contribution in [-0.2, 0) is 0 Å². The first-order valence-corrected chi connectivity index (χ1v) is 5.91. The largest absolute Gasteiger partial charge is 0.370 e. The van der Waals surface area contributed by atoms with Crippen molar-refractivity contribution in [1.82, 2.24) is 9.97 Å². The van der Waals surface area contributed by atoms with Gasteiger partial charge in [-0.05, 0) is 25.8 Å². The minimum absolute atomic E-state index is 0.705. The maximum absolute atomic E-state index is 5.44. The van der Waals surface area contributed by atoms with Crippen molar-refractivity contribution in [3.8, 4) is 0 Å². The van der Waals surface area contributed by atoms with Crippen molar-refractivity contribution < 1.29 is 0 Å². The third kappa shape index (κ3) is 2.82. The lowest BCUT2D eigenvalue weighted by Crippen LogP contribution is -2.19. The molecule has 0 aromatic carbocycles. The van der Waals surface area contributed by atoms with Crippen LogP contribution >= 0.6 is 0 Å². The van der Waals surface area contributed by atoms with Gasteiger partial charge in [-0.1, -0.05) is 0 Å². The summed E-state index contributed by atoms with van der Waals surface area (Å²) in [7, 11) is 0. The van der Waals surface area contributed by atoms with E-state index in [1.165, 1.54) is 12.8 Å². The maximum atomic E-state index is 5.44. The molecule has 1 saturated heterocycles. The second-order valence-corrected chi connectivity index (χ2v) is 4.02. The van der Waals surface area contributed by atoms with Crippen LogP contribution in [-0.4, -0.2) is 36.1 Å². The molecule has 3 N–H and O–H groups in total. The van der Waals surface area contributed by atoms with Crippen LogP contribution in [0, 0.1) is 0 Å². The Morgan fingerprint density at radius 2 is 2.12 bits per heavy atom. The molecule has 2 heterocycles. The van der Waals surface area contributed by atoms with Crippen LogP contribution < -0.4 is 16.0 Å².